The first-order chi connectivity index (χ1) is 14.9. The SMILES string of the molecule is C#CCOc1ccc(C=C2SC(=Nc3cccc(C(=O)O)c3)N(C)C2=O)cc1OCC. The van der Waals surface area contributed by atoms with Crippen LogP contribution in [0.2, 0.25) is 0 Å². The lowest BCUT2D eigenvalue weighted by atomic mass is 10.2. The summed E-state index contributed by atoms with van der Waals surface area (Å²) in [5.41, 5.74) is 1.34. The number of nitrogens with zero attached hydrogens (tertiary/aromatic N) is 2. The van der Waals surface area contributed by atoms with Gasteiger partial charge in [-0.1, -0.05) is 18.1 Å². The maximum Gasteiger partial charge on any atom is 0.335 e. The van der Waals surface area contributed by atoms with Gasteiger partial charge >= 0.3 is 5.97 Å². The second-order valence-electron chi connectivity index (χ2n) is 6.36. The third-order valence-electron chi connectivity index (χ3n) is 4.20. The quantitative estimate of drug-likeness (QED) is 0.521. The van der Waals surface area contributed by atoms with Crippen molar-refractivity contribution in [3.63, 3.8) is 0 Å². The third kappa shape index (κ3) is 5.27. The monoisotopic (exact) mass is 436 g/mol. The maximum atomic E-state index is 12.7. The van der Waals surface area contributed by atoms with Crippen molar-refractivity contribution >= 4 is 40.6 Å². The van der Waals surface area contributed by atoms with Crippen LogP contribution in [0.1, 0.15) is 22.8 Å². The van der Waals surface area contributed by atoms with Gasteiger partial charge in [0.2, 0.25) is 0 Å². The molecule has 7 nitrogen and oxygen atoms in total. The van der Waals surface area contributed by atoms with E-state index in [1.165, 1.54) is 28.8 Å². The summed E-state index contributed by atoms with van der Waals surface area (Å²) < 4.78 is 11.1. The molecule has 1 saturated heterocycles. The van der Waals surface area contributed by atoms with Crippen LogP contribution in [0.3, 0.4) is 0 Å². The molecule has 0 aliphatic carbocycles. The Bertz CT molecular complexity index is 1120. The highest BCUT2D eigenvalue weighted by molar-refractivity contribution is 8.18. The van der Waals surface area contributed by atoms with E-state index in [0.29, 0.717) is 33.9 Å². The molecule has 158 valence electrons. The summed E-state index contributed by atoms with van der Waals surface area (Å²) in [6.07, 6.45) is 6.99. The minimum absolute atomic E-state index is 0.128. The molecule has 31 heavy (non-hydrogen) atoms. The number of rotatable bonds is 7. The lowest BCUT2D eigenvalue weighted by molar-refractivity contribution is -0.121. The van der Waals surface area contributed by atoms with Crippen molar-refractivity contribution in [2.45, 2.75) is 6.92 Å². The number of amides is 1. The van der Waals surface area contributed by atoms with Gasteiger partial charge in [-0.2, -0.15) is 0 Å². The van der Waals surface area contributed by atoms with Gasteiger partial charge in [0, 0.05) is 7.05 Å². The molecule has 3 rings (SSSR count). The second kappa shape index (κ2) is 9.87. The number of carboxylic acid groups (broad SMARTS) is 1. The van der Waals surface area contributed by atoms with Crippen molar-refractivity contribution in [3.8, 4) is 23.8 Å². The van der Waals surface area contributed by atoms with Gasteiger partial charge in [0.05, 0.1) is 22.8 Å². The summed E-state index contributed by atoms with van der Waals surface area (Å²) in [5, 5.41) is 9.60. The Morgan fingerprint density at radius 1 is 1.26 bits per heavy atom. The van der Waals surface area contributed by atoms with Crippen molar-refractivity contribution in [1.29, 1.82) is 0 Å². The molecule has 0 saturated carbocycles. The molecule has 8 heteroatoms. The molecular weight excluding hydrogens is 416 g/mol. The Morgan fingerprint density at radius 2 is 2.06 bits per heavy atom. The molecule has 0 aromatic heterocycles. The van der Waals surface area contributed by atoms with E-state index in [2.05, 4.69) is 10.9 Å². The number of thioether (sulfide) groups is 1. The average molecular weight is 436 g/mol. The first-order valence-corrected chi connectivity index (χ1v) is 10.2. The Labute approximate surface area is 184 Å². The number of carbonyl (C=O) groups is 2. The molecule has 0 bridgehead atoms. The van der Waals surface area contributed by atoms with Crippen LogP contribution in [-0.4, -0.2) is 47.3 Å². The predicted molar refractivity (Wildman–Crippen MR) is 121 cm³/mol. The van der Waals surface area contributed by atoms with Gasteiger partial charge in [-0.25, -0.2) is 9.79 Å². The summed E-state index contributed by atoms with van der Waals surface area (Å²) in [5.74, 6) is 2.24. The number of ether oxygens (including phenoxy) is 2. The van der Waals surface area contributed by atoms with Crippen LogP contribution in [0.25, 0.3) is 6.08 Å². The third-order valence-corrected chi connectivity index (χ3v) is 5.26. The zero-order valence-corrected chi connectivity index (χ0v) is 17.8. The first-order valence-electron chi connectivity index (χ1n) is 9.35. The number of terminal acetylenes is 1. The number of likely N-dealkylation sites (N-methyl/N-ethyl adjacent to an activating group) is 1. The molecular formula is C23H20N2O5S. The number of carboxylic acids is 1. The van der Waals surface area contributed by atoms with Crippen molar-refractivity contribution in [1.82, 2.24) is 4.90 Å². The number of aromatic carboxylic acids is 1. The van der Waals surface area contributed by atoms with Crippen molar-refractivity contribution in [2.24, 2.45) is 4.99 Å². The maximum absolute atomic E-state index is 12.7. The van der Waals surface area contributed by atoms with E-state index in [1.807, 2.05) is 6.92 Å². The Kier molecular flexibility index (Phi) is 7.00. The summed E-state index contributed by atoms with van der Waals surface area (Å²) in [6, 6.07) is 11.6. The molecule has 1 amide bonds. The molecule has 0 spiro atoms. The zero-order chi connectivity index (χ0) is 22.4. The van der Waals surface area contributed by atoms with E-state index in [1.54, 1.807) is 43.5 Å². The molecule has 1 aliphatic rings. The van der Waals surface area contributed by atoms with E-state index in [0.717, 1.165) is 5.56 Å². The fraction of sp³-hybridized carbons (Fsp3) is 0.174. The van der Waals surface area contributed by atoms with Gasteiger partial charge in [0.15, 0.2) is 16.7 Å². The first kappa shape index (κ1) is 22.0. The van der Waals surface area contributed by atoms with E-state index in [4.69, 9.17) is 21.0 Å². The number of amidine groups is 1. The standard InChI is InChI=1S/C23H20N2O5S/c1-4-11-30-18-10-9-15(12-19(18)29-5-2)13-20-21(26)25(3)23(31-20)24-17-8-6-7-16(14-17)22(27)28/h1,6-10,12-14H,5,11H2,2-3H3,(H,27,28). The highest BCUT2D eigenvalue weighted by atomic mass is 32.2. The van der Waals surface area contributed by atoms with Gasteiger partial charge in [-0.05, 0) is 60.7 Å². The summed E-state index contributed by atoms with van der Waals surface area (Å²) in [4.78, 5) is 30.2. The molecule has 1 N–H and O–H groups in total. The van der Waals surface area contributed by atoms with Gasteiger partial charge in [-0.15, -0.1) is 6.42 Å². The zero-order valence-electron chi connectivity index (χ0n) is 17.0. The minimum atomic E-state index is -1.04. The van der Waals surface area contributed by atoms with Crippen LogP contribution in [0, 0.1) is 12.3 Å². The lowest BCUT2D eigenvalue weighted by Gasteiger charge is -2.11. The van der Waals surface area contributed by atoms with Crippen LogP contribution >= 0.6 is 11.8 Å². The highest BCUT2D eigenvalue weighted by Gasteiger charge is 2.30. The molecule has 2 aromatic rings. The van der Waals surface area contributed by atoms with E-state index in [9.17, 15) is 9.59 Å². The molecule has 0 atom stereocenters. The average Bonchev–Trinajstić information content (AvgIpc) is 3.01. The largest absolute Gasteiger partial charge is 0.490 e. The smallest absolute Gasteiger partial charge is 0.335 e. The number of hydrogen-bond donors (Lipinski definition) is 1. The Morgan fingerprint density at radius 3 is 2.77 bits per heavy atom. The van der Waals surface area contributed by atoms with Crippen LogP contribution in [0.15, 0.2) is 52.4 Å². The molecule has 2 aromatic carbocycles. The van der Waals surface area contributed by atoms with Gasteiger partial charge in [0.1, 0.15) is 6.61 Å². The molecule has 1 heterocycles. The Balaban J connectivity index is 1.88. The van der Waals surface area contributed by atoms with Crippen LogP contribution < -0.4 is 9.47 Å². The summed E-state index contributed by atoms with van der Waals surface area (Å²) >= 11 is 1.21. The molecule has 0 unspecified atom stereocenters. The molecule has 1 fully saturated rings. The minimum Gasteiger partial charge on any atom is -0.490 e. The fourth-order valence-electron chi connectivity index (χ4n) is 2.74. The van der Waals surface area contributed by atoms with E-state index < -0.39 is 5.97 Å². The van der Waals surface area contributed by atoms with Crippen molar-refractivity contribution in [3.05, 3.63) is 58.5 Å². The predicted octanol–water partition coefficient (Wildman–Crippen LogP) is 4.03. The van der Waals surface area contributed by atoms with E-state index >= 15 is 0 Å². The fourth-order valence-corrected chi connectivity index (χ4v) is 3.73. The lowest BCUT2D eigenvalue weighted by Crippen LogP contribution is -2.23. The normalized spacial score (nSPS) is 15.9. The Hall–Kier alpha value is -3.70. The van der Waals surface area contributed by atoms with E-state index in [-0.39, 0.29) is 18.1 Å². The van der Waals surface area contributed by atoms with Crippen LogP contribution in [0.5, 0.6) is 11.5 Å². The van der Waals surface area contributed by atoms with Crippen LogP contribution in [0.4, 0.5) is 5.69 Å². The number of aliphatic imine (C=N–C) groups is 1. The topological polar surface area (TPSA) is 88.4 Å². The van der Waals surface area contributed by atoms with Gasteiger partial charge in [0.25, 0.3) is 5.91 Å². The molecule has 1 aliphatic heterocycles. The van der Waals surface area contributed by atoms with Crippen LogP contribution in [-0.2, 0) is 4.79 Å². The second-order valence-corrected chi connectivity index (χ2v) is 7.37. The highest BCUT2D eigenvalue weighted by Crippen LogP contribution is 2.35. The van der Waals surface area contributed by atoms with Gasteiger partial charge in [-0.3, -0.25) is 9.69 Å². The summed E-state index contributed by atoms with van der Waals surface area (Å²) in [7, 11) is 1.62. The number of benzene rings is 2. The van der Waals surface area contributed by atoms with Crippen molar-refractivity contribution < 1.29 is 24.2 Å². The number of hydrogen-bond acceptors (Lipinski definition) is 6. The summed E-state index contributed by atoms with van der Waals surface area (Å²) in [6.45, 7) is 2.45. The number of carbonyl (C=O) groups excluding carboxylic acids is 1. The van der Waals surface area contributed by atoms with Gasteiger partial charge < -0.3 is 14.6 Å². The van der Waals surface area contributed by atoms with Crippen molar-refractivity contribution in [2.75, 3.05) is 20.3 Å². The molecule has 0 radical (unpaired) electrons.